The topological polar surface area (TPSA) is 496 Å². The molecule has 0 aliphatic carbocycles. The van der Waals surface area contributed by atoms with Crippen LogP contribution in [-0.4, -0.2) is 330 Å². The molecule has 0 amide bonds. The van der Waals surface area contributed by atoms with Crippen molar-refractivity contribution >= 4 is 0 Å². The van der Waals surface area contributed by atoms with E-state index in [1.54, 1.807) is 0 Å². The van der Waals surface area contributed by atoms with Crippen LogP contribution < -0.4 is 0 Å². The average molecular weight is 1410 g/mol. The van der Waals surface area contributed by atoms with Crippen molar-refractivity contribution < 1.29 is 4.74 Å². The summed E-state index contributed by atoms with van der Waals surface area (Å²) in [7, 11) is 0. The Balaban J connectivity index is 0.000000626. The molecule has 0 aromatic heterocycles. The fraction of sp³-hybridized carbons (Fsp3) is 0.642. The normalized spacial score (nSPS) is 18.8. The number of hydrogen-bond acceptors (Lipinski definition) is 37. The molecular weight excluding hydrogens is 1320 g/mol. The number of ether oxygens (including phenoxy) is 1. The lowest BCUT2D eigenvalue weighted by molar-refractivity contribution is -0.199. The molecule has 1 unspecified atom stereocenters. The summed E-state index contributed by atoms with van der Waals surface area (Å²) < 4.78 is 5.58. The molecule has 37 nitrogen and oxygen atoms in total. The summed E-state index contributed by atoms with van der Waals surface area (Å²) in [5.41, 5.74) is 0. The van der Waals surface area contributed by atoms with Crippen LogP contribution in [0.3, 0.4) is 0 Å². The van der Waals surface area contributed by atoms with Crippen molar-refractivity contribution in [3.63, 3.8) is 0 Å². The minimum Gasteiger partial charge on any atom is -0.350 e. The van der Waals surface area contributed by atoms with Crippen molar-refractivity contribution in [2.45, 2.75) is 76.8 Å². The van der Waals surface area contributed by atoms with Crippen molar-refractivity contribution in [2.24, 2.45) is 0 Å². The van der Waals surface area contributed by atoms with Crippen LogP contribution in [0.2, 0.25) is 0 Å². The van der Waals surface area contributed by atoms with E-state index in [9.17, 15) is 0 Å². The molecule has 6 fully saturated rings. The van der Waals surface area contributed by atoms with Gasteiger partial charge in [-0.1, -0.05) is 11.8 Å². The van der Waals surface area contributed by atoms with E-state index >= 15 is 0 Å². The number of rotatable bonds is 23. The Kier molecular flexibility index (Phi) is 48.4. The lowest BCUT2D eigenvalue weighted by Gasteiger charge is -2.45. The molecule has 0 radical (unpaired) electrons. The molecule has 0 bridgehead atoms. The zero-order valence-corrected chi connectivity index (χ0v) is 59.2. The van der Waals surface area contributed by atoms with E-state index in [2.05, 4.69) is 111 Å². The first-order chi connectivity index (χ1) is 50.4. The molecule has 6 saturated heterocycles. The Hall–Kier alpha value is -11.3. The Morgan fingerprint density at radius 1 is 0.288 bits per heavy atom. The lowest BCUT2D eigenvalue weighted by atomic mass is 10.2. The summed E-state index contributed by atoms with van der Waals surface area (Å²) in [6, 6.07) is 33.6. The number of nitriles is 18. The van der Waals surface area contributed by atoms with Crippen molar-refractivity contribution in [3.05, 3.63) is 0 Å². The lowest BCUT2D eigenvalue weighted by Crippen LogP contribution is -2.62. The Labute approximate surface area is 613 Å². The summed E-state index contributed by atoms with van der Waals surface area (Å²) in [5, 5.41) is 158. The van der Waals surface area contributed by atoms with Crippen LogP contribution in [-0.2, 0) is 4.74 Å². The van der Waals surface area contributed by atoms with E-state index in [4.69, 9.17) is 119 Å². The first-order valence-electron chi connectivity index (χ1n) is 32.4. The van der Waals surface area contributed by atoms with Crippen LogP contribution in [0, 0.1) is 241 Å². The number of terminal acetylenes is 3. The molecule has 6 rings (SSSR count). The van der Waals surface area contributed by atoms with Crippen LogP contribution >= 0.6 is 0 Å². The molecule has 104 heavy (non-hydrogen) atoms. The van der Waals surface area contributed by atoms with Gasteiger partial charge in [0.25, 0.3) is 0 Å². The molecule has 0 N–H and O–H groups in total. The number of nitrogens with zero attached hydrogens (tertiary/aromatic N) is 36. The van der Waals surface area contributed by atoms with Gasteiger partial charge >= 0.3 is 0 Å². The molecule has 37 heteroatoms. The summed E-state index contributed by atoms with van der Waals surface area (Å²) in [5.74, 6) is 7.51. The van der Waals surface area contributed by atoms with Crippen LogP contribution in [0.4, 0.5) is 0 Å². The second kappa shape index (κ2) is 55.4. The summed E-state index contributed by atoms with van der Waals surface area (Å²) in [6.07, 6.45) is 17.4. The highest BCUT2D eigenvalue weighted by Crippen LogP contribution is 2.19. The monoisotopic (exact) mass is 1410 g/mol. The molecule has 0 spiro atoms. The zero-order valence-electron chi connectivity index (χ0n) is 59.2. The van der Waals surface area contributed by atoms with Crippen molar-refractivity contribution in [2.75, 3.05) is 205 Å². The van der Waals surface area contributed by atoms with Gasteiger partial charge in [0, 0.05) is 45.5 Å². The summed E-state index contributed by atoms with van der Waals surface area (Å²) in [4.78, 5) is 34.1. The molecule has 0 aromatic rings. The summed E-state index contributed by atoms with van der Waals surface area (Å²) >= 11 is 0. The molecule has 0 saturated carbocycles. The minimum absolute atomic E-state index is 0.0641. The minimum atomic E-state index is -1.05. The maximum absolute atomic E-state index is 9.03. The predicted octanol–water partition coefficient (Wildman–Crippen LogP) is -1.59. The maximum atomic E-state index is 9.03. The molecule has 540 valence electrons. The van der Waals surface area contributed by atoms with Crippen LogP contribution in [0.15, 0.2) is 0 Å². The highest BCUT2D eigenvalue weighted by Gasteiger charge is 2.37. The van der Waals surface area contributed by atoms with Crippen molar-refractivity contribution in [3.8, 4) is 146 Å². The number of hydrogen-bond donors (Lipinski definition) is 0. The fourth-order valence-electron chi connectivity index (χ4n) is 11.1. The van der Waals surface area contributed by atoms with Gasteiger partial charge in [-0.3, -0.25) is 68.6 Å². The highest BCUT2D eigenvalue weighted by atomic mass is 16.5. The summed E-state index contributed by atoms with van der Waals surface area (Å²) in [6.45, 7) is 20.9. The van der Waals surface area contributed by atoms with Gasteiger partial charge in [0.05, 0.1) is 300 Å². The van der Waals surface area contributed by atoms with Crippen LogP contribution in [0.25, 0.3) is 0 Å². The second-order valence-corrected chi connectivity index (χ2v) is 23.3. The SMILES string of the molecule is C#CC(C#N)N1CN(C(C#N)C#N)CN(C(C#N)C#N)C1.C#CCCN1CN(CCC#N)CN(CCC#N)C1.C#CCN1CN(CC#N)CN(CC#N)C1.CC1N(CC#N)CN(CC#N)CN1CC#N.CC1N(CC#N)CN(CC#N)CN1CC#N.CCOC1N(CC#N)CN(CC#N)CN1CC#N. The Morgan fingerprint density at radius 3 is 0.788 bits per heavy atom. The van der Waals surface area contributed by atoms with Gasteiger partial charge < -0.3 is 4.74 Å². The second-order valence-electron chi connectivity index (χ2n) is 23.3. The van der Waals surface area contributed by atoms with Crippen LogP contribution in [0.5, 0.6) is 0 Å². The Bertz CT molecular complexity index is 3160. The standard InChI is InChI=1S/C13H10N8.C13H19N5.C11H16N6O.2C10H14N6.C10H13N5/c1-2-11(3-14)19-8-20(12(4-15)5-16)10-21(9-19)13(6-17)7-18;1-2-3-8-16-11-17(9-4-6-14)13-18(12-16)10-5-7-15;1-2-18-11-16(7-4-13)9-15(6-3-12)10-17(11)8-5-14;2*1-10-15(6-3-12)8-14(5-2-11)9-16(10)7-4-13;1-2-5-13-8-14(6-3-11)10-15(9-13)7-4-12/h1,11-13H,8-10H2;1H,3-5,8-13H2;11H,2,6-10H2,1H3;2*10H,5-9H2,1H3;1H,5-10H2. The largest absolute Gasteiger partial charge is 0.350 e. The zero-order chi connectivity index (χ0) is 77.5. The molecule has 6 aliphatic heterocycles. The van der Waals surface area contributed by atoms with Gasteiger partial charge in [-0.15, -0.1) is 25.2 Å². The van der Waals surface area contributed by atoms with E-state index in [-0.39, 0.29) is 58.3 Å². The quantitative estimate of drug-likeness (QED) is 0.0822. The average Bonchev–Trinajstić information content (AvgIpc) is 0.829. The van der Waals surface area contributed by atoms with Crippen molar-refractivity contribution in [1.29, 1.82) is 94.7 Å². The third kappa shape index (κ3) is 33.5. The molecular formula is C67H86N36O. The third-order valence-electron chi connectivity index (χ3n) is 15.8. The maximum Gasteiger partial charge on any atom is 0.188 e. The van der Waals surface area contributed by atoms with Gasteiger partial charge in [0.2, 0.25) is 0 Å². The van der Waals surface area contributed by atoms with Crippen molar-refractivity contribution in [1.82, 2.24) is 88.2 Å². The van der Waals surface area contributed by atoms with Crippen LogP contribution in [0.1, 0.15) is 40.0 Å². The van der Waals surface area contributed by atoms with Gasteiger partial charge in [0.15, 0.2) is 24.5 Å². The first kappa shape index (κ1) is 90.8. The smallest absolute Gasteiger partial charge is 0.188 e. The third-order valence-corrected chi connectivity index (χ3v) is 15.8. The fourth-order valence-corrected chi connectivity index (χ4v) is 11.1. The van der Waals surface area contributed by atoms with Gasteiger partial charge in [-0.2, -0.15) is 94.7 Å². The molecule has 1 atom stereocenters. The highest BCUT2D eigenvalue weighted by molar-refractivity contribution is 5.16. The van der Waals surface area contributed by atoms with Gasteiger partial charge in [-0.05, 0) is 20.8 Å². The van der Waals surface area contributed by atoms with Gasteiger partial charge in [0.1, 0.15) is 0 Å². The predicted molar refractivity (Wildman–Crippen MR) is 366 cm³/mol. The van der Waals surface area contributed by atoms with E-state index in [1.807, 2.05) is 110 Å². The molecule has 0 aromatic carbocycles. The molecule has 6 aliphatic rings. The van der Waals surface area contributed by atoms with E-state index < -0.39 is 18.1 Å². The molecule has 6 heterocycles. The van der Waals surface area contributed by atoms with E-state index in [0.717, 1.165) is 46.1 Å². The van der Waals surface area contributed by atoms with Gasteiger partial charge in [-0.25, -0.2) is 19.6 Å². The van der Waals surface area contributed by atoms with E-state index in [0.29, 0.717) is 138 Å². The van der Waals surface area contributed by atoms with E-state index in [1.165, 1.54) is 14.7 Å². The Morgan fingerprint density at radius 2 is 0.538 bits per heavy atom. The first-order valence-corrected chi connectivity index (χ1v) is 32.4.